The first-order valence-electron chi connectivity index (χ1n) is 14.7. The van der Waals surface area contributed by atoms with Crippen LogP contribution in [0.15, 0.2) is 59.5 Å². The second-order valence-corrected chi connectivity index (χ2v) is 12.6. The predicted octanol–water partition coefficient (Wildman–Crippen LogP) is 5.48. The number of nitrogens with zero attached hydrogens (tertiary/aromatic N) is 4. The van der Waals surface area contributed by atoms with Crippen LogP contribution in [0.2, 0.25) is 0 Å². The number of hydrogen-bond donors (Lipinski definition) is 2. The standard InChI is InChI=1S/C32H37N5O9S/c1-7-43-24-19-25(44-8-2)34-29(33-24)30-35-28(37-47(40,41)21-15-13-20(14-16-21)32(3,4)5)27(31(36-30)45-18-17-26(38)39)46-23-12-10-9-11-22(23)42-6/h9-16,19H,7-8,17-18H2,1-6H3,(H,38,39)(H,35,36,37). The number of carboxylic acids is 1. The normalized spacial score (nSPS) is 11.4. The van der Waals surface area contributed by atoms with Gasteiger partial charge in [-0.1, -0.05) is 45.0 Å². The summed E-state index contributed by atoms with van der Waals surface area (Å²) in [6, 6.07) is 14.5. The molecule has 2 aromatic heterocycles. The highest BCUT2D eigenvalue weighted by Crippen LogP contribution is 2.42. The highest BCUT2D eigenvalue weighted by atomic mass is 32.2. The van der Waals surface area contributed by atoms with E-state index in [0.29, 0.717) is 5.75 Å². The van der Waals surface area contributed by atoms with Gasteiger partial charge in [0.2, 0.25) is 29.2 Å². The van der Waals surface area contributed by atoms with E-state index < -0.39 is 16.0 Å². The molecule has 0 bridgehead atoms. The van der Waals surface area contributed by atoms with E-state index in [0.717, 1.165) is 5.56 Å². The monoisotopic (exact) mass is 667 g/mol. The predicted molar refractivity (Wildman–Crippen MR) is 172 cm³/mol. The molecule has 0 aliphatic rings. The van der Waals surface area contributed by atoms with E-state index in [4.69, 9.17) is 23.7 Å². The molecule has 15 heteroatoms. The van der Waals surface area contributed by atoms with Crippen molar-refractivity contribution in [3.8, 4) is 46.5 Å². The Morgan fingerprint density at radius 1 is 0.851 bits per heavy atom. The molecule has 4 aromatic rings. The van der Waals surface area contributed by atoms with Gasteiger partial charge in [0.1, 0.15) is 6.61 Å². The lowest BCUT2D eigenvalue weighted by Crippen LogP contribution is -2.17. The van der Waals surface area contributed by atoms with Crippen LogP contribution in [0.3, 0.4) is 0 Å². The first-order valence-corrected chi connectivity index (χ1v) is 16.2. The van der Waals surface area contributed by atoms with Crippen molar-refractivity contribution in [3.63, 3.8) is 0 Å². The van der Waals surface area contributed by atoms with Gasteiger partial charge in [0, 0.05) is 0 Å². The van der Waals surface area contributed by atoms with Crippen molar-refractivity contribution >= 4 is 21.8 Å². The molecule has 0 saturated carbocycles. The smallest absolute Gasteiger partial charge is 0.306 e. The van der Waals surface area contributed by atoms with E-state index in [-0.39, 0.29) is 83.2 Å². The van der Waals surface area contributed by atoms with Gasteiger partial charge in [-0.3, -0.25) is 9.52 Å². The molecule has 0 amide bonds. The number of para-hydroxylation sites is 2. The Morgan fingerprint density at radius 3 is 2.00 bits per heavy atom. The zero-order valence-corrected chi connectivity index (χ0v) is 27.8. The van der Waals surface area contributed by atoms with Gasteiger partial charge < -0.3 is 28.8 Å². The molecule has 0 spiro atoms. The fourth-order valence-electron chi connectivity index (χ4n) is 4.10. The third-order valence-corrected chi connectivity index (χ3v) is 7.75. The molecule has 0 unspecified atom stereocenters. The SMILES string of the molecule is CCOc1cc(OCC)nc(-c2nc(NS(=O)(=O)c3ccc(C(C)(C)C)cc3)c(Oc3ccccc3OC)c(OCCC(=O)O)n2)n1. The van der Waals surface area contributed by atoms with Gasteiger partial charge in [-0.05, 0) is 49.1 Å². The molecule has 0 aliphatic carbocycles. The van der Waals surface area contributed by atoms with E-state index in [1.807, 2.05) is 20.8 Å². The molecule has 0 aliphatic heterocycles. The number of benzene rings is 2. The number of carboxylic acid groups (broad SMARTS) is 1. The van der Waals surface area contributed by atoms with Crippen LogP contribution in [0.5, 0.6) is 34.9 Å². The Labute approximate surface area is 273 Å². The summed E-state index contributed by atoms with van der Waals surface area (Å²) in [6.45, 7) is 9.85. The molecule has 0 fully saturated rings. The average molecular weight is 668 g/mol. The number of hydrogen-bond acceptors (Lipinski definition) is 12. The topological polar surface area (TPSA) is 181 Å². The summed E-state index contributed by atoms with van der Waals surface area (Å²) in [5.74, 6) is -1.47. The minimum atomic E-state index is -4.28. The van der Waals surface area contributed by atoms with E-state index in [9.17, 15) is 18.3 Å². The number of carbonyl (C=O) groups is 1. The Bertz CT molecular complexity index is 1790. The molecular formula is C32H37N5O9S. The van der Waals surface area contributed by atoms with Crippen molar-refractivity contribution in [3.05, 3.63) is 60.2 Å². The fourth-order valence-corrected chi connectivity index (χ4v) is 5.11. The number of sulfonamides is 1. The quantitative estimate of drug-likeness (QED) is 0.163. The van der Waals surface area contributed by atoms with Crippen molar-refractivity contribution in [1.82, 2.24) is 19.9 Å². The first kappa shape index (κ1) is 34.7. The second kappa shape index (κ2) is 14.9. The summed E-state index contributed by atoms with van der Waals surface area (Å²) in [5, 5.41) is 9.26. The van der Waals surface area contributed by atoms with Gasteiger partial charge in [0.15, 0.2) is 17.3 Å². The number of ether oxygens (including phenoxy) is 5. The van der Waals surface area contributed by atoms with Crippen LogP contribution in [0.25, 0.3) is 11.6 Å². The van der Waals surface area contributed by atoms with Crippen LogP contribution in [0, 0.1) is 0 Å². The first-order chi connectivity index (χ1) is 22.3. The Balaban J connectivity index is 1.93. The lowest BCUT2D eigenvalue weighted by molar-refractivity contribution is -0.137. The highest BCUT2D eigenvalue weighted by molar-refractivity contribution is 7.92. The fraction of sp³-hybridized carbons (Fsp3) is 0.344. The number of aliphatic carboxylic acids is 1. The maximum atomic E-state index is 13.8. The van der Waals surface area contributed by atoms with Crippen LogP contribution in [0.4, 0.5) is 5.82 Å². The number of aromatic nitrogens is 4. The molecule has 2 aromatic carbocycles. The van der Waals surface area contributed by atoms with Crippen LogP contribution in [-0.2, 0) is 20.2 Å². The number of rotatable bonds is 15. The van der Waals surface area contributed by atoms with Gasteiger partial charge in [0.05, 0.1) is 37.7 Å². The summed E-state index contributed by atoms with van der Waals surface area (Å²) in [7, 11) is -2.84. The Kier molecular flexibility index (Phi) is 11.0. The second-order valence-electron chi connectivity index (χ2n) is 10.9. The van der Waals surface area contributed by atoms with Crippen LogP contribution >= 0.6 is 0 Å². The molecule has 2 N–H and O–H groups in total. The highest BCUT2D eigenvalue weighted by Gasteiger charge is 2.27. The molecule has 0 radical (unpaired) electrons. The lowest BCUT2D eigenvalue weighted by Gasteiger charge is -2.20. The van der Waals surface area contributed by atoms with Crippen molar-refractivity contribution in [2.24, 2.45) is 0 Å². The van der Waals surface area contributed by atoms with Crippen molar-refractivity contribution in [2.45, 2.75) is 51.3 Å². The van der Waals surface area contributed by atoms with Crippen LogP contribution in [-0.4, -0.2) is 66.4 Å². The van der Waals surface area contributed by atoms with Crippen LogP contribution < -0.4 is 28.4 Å². The van der Waals surface area contributed by atoms with E-state index in [1.165, 1.54) is 25.3 Å². The largest absolute Gasteiger partial charge is 0.493 e. The number of methoxy groups -OCH3 is 1. The zero-order chi connectivity index (χ0) is 34.2. The van der Waals surface area contributed by atoms with Gasteiger partial charge >= 0.3 is 5.97 Å². The molecule has 14 nitrogen and oxygen atoms in total. The average Bonchev–Trinajstić information content (AvgIpc) is 3.02. The lowest BCUT2D eigenvalue weighted by atomic mass is 9.87. The molecule has 4 rings (SSSR count). The summed E-state index contributed by atoms with van der Waals surface area (Å²) in [6.07, 6.45) is -0.389. The van der Waals surface area contributed by atoms with Crippen molar-refractivity contribution in [1.29, 1.82) is 0 Å². The number of nitrogens with one attached hydrogen (secondary N) is 1. The molecule has 47 heavy (non-hydrogen) atoms. The van der Waals surface area contributed by atoms with E-state index in [1.54, 1.807) is 50.2 Å². The molecule has 0 saturated heterocycles. The molecule has 2 heterocycles. The molecule has 250 valence electrons. The number of anilines is 1. The third-order valence-electron chi connectivity index (χ3n) is 6.40. The Morgan fingerprint density at radius 2 is 1.45 bits per heavy atom. The zero-order valence-electron chi connectivity index (χ0n) is 26.9. The summed E-state index contributed by atoms with van der Waals surface area (Å²) in [4.78, 5) is 28.9. The van der Waals surface area contributed by atoms with Gasteiger partial charge in [0.25, 0.3) is 15.9 Å². The van der Waals surface area contributed by atoms with Gasteiger partial charge in [-0.15, -0.1) is 0 Å². The third kappa shape index (κ3) is 8.97. The maximum absolute atomic E-state index is 13.8. The van der Waals surface area contributed by atoms with E-state index in [2.05, 4.69) is 24.7 Å². The van der Waals surface area contributed by atoms with Gasteiger partial charge in [-0.25, -0.2) is 13.4 Å². The minimum absolute atomic E-state index is 0.0459. The summed E-state index contributed by atoms with van der Waals surface area (Å²) < 4.78 is 58.5. The van der Waals surface area contributed by atoms with Gasteiger partial charge in [-0.2, -0.15) is 15.0 Å². The van der Waals surface area contributed by atoms with Crippen LogP contribution in [0.1, 0.15) is 46.6 Å². The minimum Gasteiger partial charge on any atom is -0.493 e. The molecular weight excluding hydrogens is 630 g/mol. The van der Waals surface area contributed by atoms with Crippen molar-refractivity contribution in [2.75, 3.05) is 31.7 Å². The Hall–Kier alpha value is -5.18. The maximum Gasteiger partial charge on any atom is 0.306 e. The van der Waals surface area contributed by atoms with Crippen molar-refractivity contribution < 1.29 is 42.0 Å². The summed E-state index contributed by atoms with van der Waals surface area (Å²) >= 11 is 0. The molecule has 0 atom stereocenters. The van der Waals surface area contributed by atoms with E-state index >= 15 is 0 Å². The summed E-state index contributed by atoms with van der Waals surface area (Å²) in [5.41, 5.74) is 0.734.